The summed E-state index contributed by atoms with van der Waals surface area (Å²) in [7, 11) is -2.55. The number of pyridine rings is 1. The molecule has 0 aliphatic carbocycles. The maximum atomic E-state index is 14.1. The van der Waals surface area contributed by atoms with Crippen LogP contribution in [0.3, 0.4) is 0 Å². The number of imidazole rings is 1. The average molecular weight is 561 g/mol. The van der Waals surface area contributed by atoms with Crippen molar-refractivity contribution in [1.82, 2.24) is 14.5 Å². The highest BCUT2D eigenvalue weighted by atomic mass is 35.5. The maximum Gasteiger partial charge on any atom is 0.224 e. The van der Waals surface area contributed by atoms with Crippen molar-refractivity contribution in [3.05, 3.63) is 99.6 Å². The van der Waals surface area contributed by atoms with E-state index in [1.807, 2.05) is 50.2 Å². The third-order valence-electron chi connectivity index (χ3n) is 5.69. The molecule has 0 fully saturated rings. The van der Waals surface area contributed by atoms with E-state index >= 15 is 0 Å². The van der Waals surface area contributed by atoms with Crippen LogP contribution in [0.1, 0.15) is 42.4 Å². The first-order valence-electron chi connectivity index (χ1n) is 11.6. The fraction of sp³-hybridized carbons (Fsp3) is 0.259. The van der Waals surface area contributed by atoms with Crippen molar-refractivity contribution in [3.63, 3.8) is 0 Å². The lowest BCUT2D eigenvalue weighted by Gasteiger charge is -2.16. The number of ether oxygens (including phenoxy) is 2. The number of hydrogen-bond acceptors (Lipinski definition) is 6. The molecule has 7 nitrogen and oxygen atoms in total. The van der Waals surface area contributed by atoms with Crippen molar-refractivity contribution in [2.45, 2.75) is 49.4 Å². The van der Waals surface area contributed by atoms with E-state index in [0.717, 1.165) is 5.56 Å². The predicted octanol–water partition coefficient (Wildman–Crippen LogP) is 6.31. The molecule has 0 spiro atoms. The van der Waals surface area contributed by atoms with Crippen LogP contribution in [-0.4, -0.2) is 30.1 Å². The second-order valence-corrected chi connectivity index (χ2v) is 11.5. The summed E-state index contributed by atoms with van der Waals surface area (Å²) in [6.07, 6.45) is 1.62. The van der Waals surface area contributed by atoms with Gasteiger partial charge in [0.05, 0.1) is 30.9 Å². The van der Waals surface area contributed by atoms with Crippen molar-refractivity contribution in [3.8, 4) is 5.88 Å². The molecule has 4 aromatic rings. The van der Waals surface area contributed by atoms with E-state index in [-0.39, 0.29) is 39.0 Å². The Bertz CT molecular complexity index is 1470. The molecule has 2 aromatic carbocycles. The van der Waals surface area contributed by atoms with Crippen molar-refractivity contribution in [2.24, 2.45) is 0 Å². The maximum absolute atomic E-state index is 14.1. The summed E-state index contributed by atoms with van der Waals surface area (Å²) in [4.78, 5) is 9.02. The molecular formula is C27H27Cl2N3O4S. The third-order valence-corrected chi connectivity index (χ3v) is 7.92. The number of benzene rings is 2. The van der Waals surface area contributed by atoms with Gasteiger partial charge in [0, 0.05) is 21.8 Å². The fourth-order valence-electron chi connectivity index (χ4n) is 3.96. The highest BCUT2D eigenvalue weighted by molar-refractivity contribution is 7.91. The van der Waals surface area contributed by atoms with Crippen LogP contribution in [0.2, 0.25) is 10.0 Å². The lowest BCUT2D eigenvalue weighted by atomic mass is 10.1. The Balaban J connectivity index is 1.85. The van der Waals surface area contributed by atoms with E-state index in [9.17, 15) is 8.42 Å². The number of halogens is 2. The molecule has 0 radical (unpaired) electrons. The minimum atomic E-state index is -4.07. The van der Waals surface area contributed by atoms with E-state index in [0.29, 0.717) is 29.6 Å². The fourth-order valence-corrected chi connectivity index (χ4v) is 6.42. The second kappa shape index (κ2) is 11.6. The van der Waals surface area contributed by atoms with Gasteiger partial charge in [-0.3, -0.25) is 0 Å². The summed E-state index contributed by atoms with van der Waals surface area (Å²) in [5.74, 6) is 0.675. The summed E-state index contributed by atoms with van der Waals surface area (Å²) in [6.45, 7) is 4.41. The van der Waals surface area contributed by atoms with Crippen LogP contribution in [0, 0.1) is 0 Å². The number of methoxy groups -OCH3 is 1. The van der Waals surface area contributed by atoms with Crippen molar-refractivity contribution >= 4 is 33.0 Å². The SMILES string of the molecule is COc1ncccc1Cn1c(COCc2ccccc2)nc(C(C)C)c1S(=O)(=O)c1cc(Cl)cc(Cl)c1. The lowest BCUT2D eigenvalue weighted by Crippen LogP contribution is -2.16. The van der Waals surface area contributed by atoms with E-state index in [1.54, 1.807) is 16.8 Å². The molecule has 194 valence electrons. The minimum absolute atomic E-state index is 0.0112. The molecule has 0 saturated heterocycles. The standard InChI is InChI=1S/C27H27Cl2N3O4S/c1-18(2)25-27(37(33,34)23-13-21(28)12-22(29)14-23)32(15-20-10-7-11-30-26(20)35-3)24(31-25)17-36-16-19-8-5-4-6-9-19/h4-14,18H,15-17H2,1-3H3. The van der Waals surface area contributed by atoms with E-state index in [1.165, 1.54) is 25.3 Å². The predicted molar refractivity (Wildman–Crippen MR) is 143 cm³/mol. The zero-order chi connectivity index (χ0) is 26.6. The first kappa shape index (κ1) is 27.1. The molecule has 4 rings (SSSR count). The molecular weight excluding hydrogens is 533 g/mol. The molecule has 0 aliphatic heterocycles. The Morgan fingerprint density at radius 3 is 2.32 bits per heavy atom. The molecule has 0 saturated carbocycles. The molecule has 0 unspecified atom stereocenters. The highest BCUT2D eigenvalue weighted by Crippen LogP contribution is 2.34. The summed E-state index contributed by atoms with van der Waals surface area (Å²) in [5, 5.41) is 0.511. The summed E-state index contributed by atoms with van der Waals surface area (Å²) in [5.41, 5.74) is 2.12. The number of rotatable bonds is 10. The van der Waals surface area contributed by atoms with Gasteiger partial charge in [-0.15, -0.1) is 0 Å². The number of hydrogen-bond donors (Lipinski definition) is 0. The van der Waals surface area contributed by atoms with Gasteiger partial charge < -0.3 is 14.0 Å². The molecule has 37 heavy (non-hydrogen) atoms. The lowest BCUT2D eigenvalue weighted by molar-refractivity contribution is 0.0990. The van der Waals surface area contributed by atoms with Gasteiger partial charge in [0.2, 0.25) is 15.7 Å². The zero-order valence-corrected chi connectivity index (χ0v) is 23.0. The minimum Gasteiger partial charge on any atom is -0.481 e. The summed E-state index contributed by atoms with van der Waals surface area (Å²) >= 11 is 12.3. The van der Waals surface area contributed by atoms with Gasteiger partial charge in [-0.05, 0) is 35.7 Å². The average Bonchev–Trinajstić information content (AvgIpc) is 3.23. The van der Waals surface area contributed by atoms with Crippen molar-refractivity contribution in [1.29, 1.82) is 0 Å². The van der Waals surface area contributed by atoms with Crippen LogP contribution < -0.4 is 4.74 Å². The topological polar surface area (TPSA) is 83.3 Å². The normalized spacial score (nSPS) is 11.7. The quantitative estimate of drug-likeness (QED) is 0.226. The van der Waals surface area contributed by atoms with Gasteiger partial charge in [-0.1, -0.05) is 73.4 Å². The van der Waals surface area contributed by atoms with E-state index < -0.39 is 9.84 Å². The van der Waals surface area contributed by atoms with Gasteiger partial charge in [0.15, 0.2) is 5.03 Å². The van der Waals surface area contributed by atoms with Crippen molar-refractivity contribution in [2.75, 3.05) is 7.11 Å². The van der Waals surface area contributed by atoms with E-state index in [2.05, 4.69) is 4.98 Å². The van der Waals surface area contributed by atoms with Gasteiger partial charge in [0.1, 0.15) is 12.4 Å². The molecule has 0 N–H and O–H groups in total. The largest absolute Gasteiger partial charge is 0.481 e. The Morgan fingerprint density at radius 1 is 0.973 bits per heavy atom. The Morgan fingerprint density at radius 2 is 1.68 bits per heavy atom. The van der Waals surface area contributed by atoms with Crippen LogP contribution in [0.25, 0.3) is 0 Å². The molecule has 10 heteroatoms. The first-order valence-corrected chi connectivity index (χ1v) is 13.8. The van der Waals surface area contributed by atoms with Gasteiger partial charge in [-0.25, -0.2) is 18.4 Å². The molecule has 0 atom stereocenters. The van der Waals surface area contributed by atoms with Crippen LogP contribution in [0.4, 0.5) is 0 Å². The zero-order valence-electron chi connectivity index (χ0n) is 20.7. The molecule has 0 aliphatic rings. The van der Waals surface area contributed by atoms with Gasteiger partial charge in [0.25, 0.3) is 0 Å². The third kappa shape index (κ3) is 6.15. The Kier molecular flexibility index (Phi) is 8.54. The van der Waals surface area contributed by atoms with E-state index in [4.69, 9.17) is 37.7 Å². The van der Waals surface area contributed by atoms with Crippen LogP contribution in [0.5, 0.6) is 5.88 Å². The van der Waals surface area contributed by atoms with Crippen LogP contribution in [-0.2, 0) is 34.3 Å². The molecule has 2 heterocycles. The Labute approximate surface area is 226 Å². The number of sulfone groups is 1. The molecule has 0 bridgehead atoms. The molecule has 0 amide bonds. The van der Waals surface area contributed by atoms with Crippen LogP contribution >= 0.6 is 23.2 Å². The van der Waals surface area contributed by atoms with Gasteiger partial charge >= 0.3 is 0 Å². The first-order chi connectivity index (χ1) is 17.7. The number of aromatic nitrogens is 3. The van der Waals surface area contributed by atoms with Crippen LogP contribution in [0.15, 0.2) is 76.8 Å². The summed E-state index contributed by atoms with van der Waals surface area (Å²) in [6, 6.07) is 17.6. The monoisotopic (exact) mass is 559 g/mol. The Hall–Kier alpha value is -2.91. The number of nitrogens with zero attached hydrogens (tertiary/aromatic N) is 3. The van der Waals surface area contributed by atoms with Gasteiger partial charge in [-0.2, -0.15) is 0 Å². The van der Waals surface area contributed by atoms with Crippen molar-refractivity contribution < 1.29 is 17.9 Å². The highest BCUT2D eigenvalue weighted by Gasteiger charge is 2.32. The smallest absolute Gasteiger partial charge is 0.224 e. The molecule has 2 aromatic heterocycles. The summed E-state index contributed by atoms with van der Waals surface area (Å²) < 4.78 is 41.2. The second-order valence-electron chi connectivity index (χ2n) is 8.72.